The molecule has 1 saturated carbocycles. The van der Waals surface area contributed by atoms with E-state index in [4.69, 9.17) is 4.52 Å². The summed E-state index contributed by atoms with van der Waals surface area (Å²) in [6, 6.07) is 6.23. The zero-order valence-corrected chi connectivity index (χ0v) is 14.5. The number of rotatable bonds is 3. The number of hydrogen-bond acceptors (Lipinski definition) is 3. The fraction of sp³-hybridized carbons (Fsp3) is 0.474. The van der Waals surface area contributed by atoms with Crippen LogP contribution in [0.3, 0.4) is 0 Å². The lowest BCUT2D eigenvalue weighted by molar-refractivity contribution is 0.205. The van der Waals surface area contributed by atoms with Gasteiger partial charge in [-0.3, -0.25) is 0 Å². The summed E-state index contributed by atoms with van der Waals surface area (Å²) in [6.07, 6.45) is 2.89. The molecule has 0 bridgehead atoms. The molecule has 2 aliphatic rings. The molecular weight excluding hydrogens is 321 g/mol. The number of carbonyl (C=O) groups is 1. The van der Waals surface area contributed by atoms with E-state index < -0.39 is 0 Å². The van der Waals surface area contributed by atoms with Gasteiger partial charge in [-0.1, -0.05) is 30.3 Å². The Balaban J connectivity index is 1.58. The van der Waals surface area contributed by atoms with Gasteiger partial charge in [0.15, 0.2) is 5.76 Å². The first-order valence-corrected chi connectivity index (χ1v) is 8.82. The number of nitrogens with one attached hydrogen (secondary N) is 1. The van der Waals surface area contributed by atoms with E-state index in [1.165, 1.54) is 6.07 Å². The summed E-state index contributed by atoms with van der Waals surface area (Å²) in [4.78, 5) is 14.7. The van der Waals surface area contributed by atoms with Crippen LogP contribution in [0.25, 0.3) is 0 Å². The number of amides is 2. The van der Waals surface area contributed by atoms with Crippen LogP contribution in [0, 0.1) is 18.7 Å². The lowest BCUT2D eigenvalue weighted by Crippen LogP contribution is -2.35. The molecular formula is C19H22FN3O2. The first-order chi connectivity index (χ1) is 12.0. The smallest absolute Gasteiger partial charge is 0.322 e. The molecule has 0 unspecified atom stereocenters. The van der Waals surface area contributed by atoms with E-state index in [0.29, 0.717) is 35.3 Å². The molecule has 0 radical (unpaired) electrons. The molecule has 1 aromatic carbocycles. The summed E-state index contributed by atoms with van der Waals surface area (Å²) in [7, 11) is 0. The zero-order valence-electron chi connectivity index (χ0n) is 14.5. The average Bonchev–Trinajstić information content (AvgIpc) is 3.26. The second kappa shape index (κ2) is 6.17. The molecule has 2 fully saturated rings. The molecule has 2 amide bonds. The van der Waals surface area contributed by atoms with Gasteiger partial charge in [-0.25, -0.2) is 9.18 Å². The topological polar surface area (TPSA) is 58.4 Å². The van der Waals surface area contributed by atoms with Crippen molar-refractivity contribution >= 4 is 11.7 Å². The van der Waals surface area contributed by atoms with Gasteiger partial charge in [-0.05, 0) is 38.2 Å². The van der Waals surface area contributed by atoms with Crippen LogP contribution in [0.15, 0.2) is 28.8 Å². The van der Waals surface area contributed by atoms with Crippen molar-refractivity contribution in [3.8, 4) is 0 Å². The monoisotopic (exact) mass is 343 g/mol. The maximum absolute atomic E-state index is 14.2. The fourth-order valence-corrected chi connectivity index (χ4v) is 3.65. The van der Waals surface area contributed by atoms with Gasteiger partial charge >= 0.3 is 6.03 Å². The largest absolute Gasteiger partial charge is 0.359 e. The number of nitrogens with zero attached hydrogens (tertiary/aromatic N) is 2. The van der Waals surface area contributed by atoms with Crippen LogP contribution in [-0.4, -0.2) is 22.6 Å². The second-order valence-electron chi connectivity index (χ2n) is 7.24. The molecule has 1 aliphatic carbocycles. The number of benzene rings is 1. The number of aromatic nitrogens is 1. The Morgan fingerprint density at radius 1 is 1.36 bits per heavy atom. The number of aryl methyl sites for hydroxylation is 1. The van der Waals surface area contributed by atoms with Gasteiger partial charge in [-0.15, -0.1) is 0 Å². The van der Waals surface area contributed by atoms with Crippen LogP contribution in [0.4, 0.5) is 14.9 Å². The van der Waals surface area contributed by atoms with Gasteiger partial charge in [0.05, 0.1) is 6.04 Å². The highest BCUT2D eigenvalue weighted by Crippen LogP contribution is 2.45. The SMILES string of the molecule is Cc1noc(C2CC2)c1NC(=O)N1C[C@@H](C)C[C@H]1c1ccccc1F. The first kappa shape index (κ1) is 16.1. The van der Waals surface area contributed by atoms with Crippen molar-refractivity contribution < 1.29 is 13.7 Å². The molecule has 1 N–H and O–H groups in total. The van der Waals surface area contributed by atoms with E-state index in [-0.39, 0.29) is 17.9 Å². The molecule has 25 heavy (non-hydrogen) atoms. The van der Waals surface area contributed by atoms with Crippen LogP contribution in [0.1, 0.15) is 55.2 Å². The third-order valence-corrected chi connectivity index (χ3v) is 5.10. The summed E-state index contributed by atoms with van der Waals surface area (Å²) in [6.45, 7) is 4.52. The quantitative estimate of drug-likeness (QED) is 0.885. The summed E-state index contributed by atoms with van der Waals surface area (Å²) in [5, 5.41) is 6.97. The minimum atomic E-state index is -0.265. The Labute approximate surface area is 146 Å². The predicted octanol–water partition coefficient (Wildman–Crippen LogP) is 4.61. The van der Waals surface area contributed by atoms with Gasteiger partial charge < -0.3 is 14.7 Å². The van der Waals surface area contributed by atoms with Gasteiger partial charge in [0.25, 0.3) is 0 Å². The third kappa shape index (κ3) is 3.01. The van der Waals surface area contributed by atoms with Crippen molar-refractivity contribution in [3.05, 3.63) is 47.1 Å². The van der Waals surface area contributed by atoms with E-state index in [2.05, 4.69) is 17.4 Å². The van der Waals surface area contributed by atoms with E-state index in [9.17, 15) is 9.18 Å². The molecule has 1 aliphatic heterocycles. The zero-order chi connectivity index (χ0) is 17.6. The van der Waals surface area contributed by atoms with Crippen molar-refractivity contribution in [1.29, 1.82) is 0 Å². The van der Waals surface area contributed by atoms with E-state index >= 15 is 0 Å². The van der Waals surface area contributed by atoms with Crippen molar-refractivity contribution in [2.45, 2.75) is 45.1 Å². The number of halogens is 1. The lowest BCUT2D eigenvalue weighted by Gasteiger charge is -2.25. The average molecular weight is 343 g/mol. The molecule has 2 atom stereocenters. The predicted molar refractivity (Wildman–Crippen MR) is 91.9 cm³/mol. The lowest BCUT2D eigenvalue weighted by atomic mass is 10.0. The minimum absolute atomic E-state index is 0.217. The third-order valence-electron chi connectivity index (χ3n) is 5.10. The number of likely N-dealkylation sites (tertiary alicyclic amines) is 1. The number of hydrogen-bond donors (Lipinski definition) is 1. The summed E-state index contributed by atoms with van der Waals surface area (Å²) >= 11 is 0. The van der Waals surface area contributed by atoms with Gasteiger partial charge in [0, 0.05) is 18.0 Å². The Bertz CT molecular complexity index is 800. The van der Waals surface area contributed by atoms with Gasteiger partial charge in [0.1, 0.15) is 17.2 Å². The van der Waals surface area contributed by atoms with E-state index in [0.717, 1.165) is 25.0 Å². The van der Waals surface area contributed by atoms with Crippen molar-refractivity contribution in [3.63, 3.8) is 0 Å². The molecule has 132 valence electrons. The maximum atomic E-state index is 14.2. The standard InChI is InChI=1S/C19H22FN3O2/c1-11-9-16(14-5-3-4-6-15(14)20)23(10-11)19(24)21-17-12(2)22-25-18(17)13-7-8-13/h3-6,11,13,16H,7-10H2,1-2H3,(H,21,24)/t11-,16-/m0/s1. The Kier molecular flexibility index (Phi) is 3.98. The number of carbonyl (C=O) groups excluding carboxylic acids is 1. The van der Waals surface area contributed by atoms with Crippen LogP contribution in [0.2, 0.25) is 0 Å². The first-order valence-electron chi connectivity index (χ1n) is 8.82. The van der Waals surface area contributed by atoms with Crippen LogP contribution >= 0.6 is 0 Å². The molecule has 5 nitrogen and oxygen atoms in total. The molecule has 0 spiro atoms. The maximum Gasteiger partial charge on any atom is 0.322 e. The van der Waals surface area contributed by atoms with E-state index in [1.807, 2.05) is 13.0 Å². The van der Waals surface area contributed by atoms with Crippen LogP contribution in [-0.2, 0) is 0 Å². The van der Waals surface area contributed by atoms with Crippen molar-refractivity contribution in [2.75, 3.05) is 11.9 Å². The van der Waals surface area contributed by atoms with Crippen LogP contribution < -0.4 is 5.32 Å². The molecule has 2 aromatic rings. The Morgan fingerprint density at radius 2 is 2.12 bits per heavy atom. The highest BCUT2D eigenvalue weighted by Gasteiger charge is 2.37. The fourth-order valence-electron chi connectivity index (χ4n) is 3.65. The van der Waals surface area contributed by atoms with Gasteiger partial charge in [0.2, 0.25) is 0 Å². The summed E-state index contributed by atoms with van der Waals surface area (Å²) in [5.74, 6) is 1.18. The van der Waals surface area contributed by atoms with Gasteiger partial charge in [-0.2, -0.15) is 0 Å². The summed E-state index contributed by atoms with van der Waals surface area (Å²) < 4.78 is 19.6. The van der Waals surface area contributed by atoms with Crippen molar-refractivity contribution in [2.24, 2.45) is 5.92 Å². The number of urea groups is 1. The molecule has 1 saturated heterocycles. The highest BCUT2D eigenvalue weighted by molar-refractivity contribution is 5.91. The molecule has 4 rings (SSSR count). The van der Waals surface area contributed by atoms with E-state index in [1.54, 1.807) is 17.0 Å². The summed E-state index contributed by atoms with van der Waals surface area (Å²) in [5.41, 5.74) is 1.94. The molecule has 1 aromatic heterocycles. The molecule has 6 heteroatoms. The second-order valence-corrected chi connectivity index (χ2v) is 7.24. The number of anilines is 1. The van der Waals surface area contributed by atoms with Crippen LogP contribution in [0.5, 0.6) is 0 Å². The molecule has 2 heterocycles. The Hall–Kier alpha value is -2.37. The minimum Gasteiger partial charge on any atom is -0.359 e. The normalized spacial score (nSPS) is 23.1. The highest BCUT2D eigenvalue weighted by atomic mass is 19.1. The van der Waals surface area contributed by atoms with Crippen molar-refractivity contribution in [1.82, 2.24) is 10.1 Å². The Morgan fingerprint density at radius 3 is 2.84 bits per heavy atom.